The third-order valence-electron chi connectivity index (χ3n) is 3.68. The molecule has 0 saturated heterocycles. The third kappa shape index (κ3) is 4.28. The van der Waals surface area contributed by atoms with E-state index < -0.39 is 0 Å². The van der Waals surface area contributed by atoms with E-state index in [9.17, 15) is 4.79 Å². The molecule has 3 rings (SSSR count). The minimum atomic E-state index is -0.202. The van der Waals surface area contributed by atoms with Gasteiger partial charge in [0.1, 0.15) is 0 Å². The van der Waals surface area contributed by atoms with Crippen molar-refractivity contribution >= 4 is 62.9 Å². The van der Waals surface area contributed by atoms with Crippen LogP contribution in [-0.2, 0) is 11.2 Å². The lowest BCUT2D eigenvalue weighted by molar-refractivity contribution is -0.119. The van der Waals surface area contributed by atoms with E-state index in [0.29, 0.717) is 15.7 Å². The maximum Gasteiger partial charge on any atom is 0.230 e. The molecule has 0 aliphatic carbocycles. The van der Waals surface area contributed by atoms with Crippen LogP contribution < -0.4 is 10.6 Å². The second-order valence-electron chi connectivity index (χ2n) is 5.42. The average Bonchev–Trinajstić information content (AvgIpc) is 2.59. The van der Waals surface area contributed by atoms with Crippen molar-refractivity contribution in [3.05, 3.63) is 76.3 Å². The predicted octanol–water partition coefficient (Wildman–Crippen LogP) is 5.20. The molecule has 0 atom stereocenters. The van der Waals surface area contributed by atoms with E-state index in [1.807, 2.05) is 42.5 Å². The van der Waals surface area contributed by atoms with Gasteiger partial charge in [0.15, 0.2) is 5.11 Å². The van der Waals surface area contributed by atoms with E-state index in [2.05, 4.69) is 10.6 Å². The number of carbonyl (C=O) groups excluding carboxylic acids is 1. The molecule has 1 amide bonds. The second-order valence-corrected chi connectivity index (χ2v) is 6.61. The molecule has 3 aromatic carbocycles. The number of benzene rings is 3. The summed E-state index contributed by atoms with van der Waals surface area (Å²) in [5.74, 6) is -0.202. The largest absolute Gasteiger partial charge is 0.331 e. The third-order valence-corrected chi connectivity index (χ3v) is 4.71. The van der Waals surface area contributed by atoms with Crippen LogP contribution >= 0.6 is 35.4 Å². The molecule has 0 bridgehead atoms. The highest BCUT2D eigenvalue weighted by Crippen LogP contribution is 2.29. The number of thiocarbonyl (C=S) groups is 1. The van der Waals surface area contributed by atoms with Gasteiger partial charge in [-0.05, 0) is 40.7 Å². The first-order chi connectivity index (χ1) is 12.0. The van der Waals surface area contributed by atoms with E-state index in [1.54, 1.807) is 18.2 Å². The standard InChI is InChI=1S/C19H14Cl2N2OS/c20-15-9-4-10-16(18(15)21)22-19(25)23-17(24)11-13-7-3-6-12-5-1-2-8-14(12)13/h1-10H,11H2,(H2,22,23,24,25). The zero-order chi connectivity index (χ0) is 17.8. The van der Waals surface area contributed by atoms with Crippen LogP contribution in [0.15, 0.2) is 60.7 Å². The Morgan fingerprint density at radius 2 is 1.68 bits per heavy atom. The number of anilines is 1. The summed E-state index contributed by atoms with van der Waals surface area (Å²) in [5, 5.41) is 8.65. The van der Waals surface area contributed by atoms with Crippen molar-refractivity contribution in [2.75, 3.05) is 5.32 Å². The van der Waals surface area contributed by atoms with Crippen LogP contribution in [0.25, 0.3) is 10.8 Å². The molecule has 0 aromatic heterocycles. The van der Waals surface area contributed by atoms with Crippen molar-refractivity contribution in [1.29, 1.82) is 0 Å². The first kappa shape index (κ1) is 17.7. The van der Waals surface area contributed by atoms with Crippen molar-refractivity contribution in [3.8, 4) is 0 Å². The summed E-state index contributed by atoms with van der Waals surface area (Å²) in [7, 11) is 0. The highest BCUT2D eigenvalue weighted by molar-refractivity contribution is 7.80. The SMILES string of the molecule is O=C(Cc1cccc2ccccc12)NC(=S)Nc1cccc(Cl)c1Cl. The van der Waals surface area contributed by atoms with Crippen LogP contribution in [-0.4, -0.2) is 11.0 Å². The summed E-state index contributed by atoms with van der Waals surface area (Å²) in [6, 6.07) is 19.0. The number of nitrogens with one attached hydrogen (secondary N) is 2. The first-order valence-corrected chi connectivity index (χ1v) is 8.72. The monoisotopic (exact) mass is 388 g/mol. The Morgan fingerprint density at radius 1 is 0.960 bits per heavy atom. The Bertz CT molecular complexity index is 954. The highest BCUT2D eigenvalue weighted by Gasteiger charge is 2.10. The fourth-order valence-electron chi connectivity index (χ4n) is 2.54. The van der Waals surface area contributed by atoms with Crippen LogP contribution in [0.1, 0.15) is 5.56 Å². The molecular formula is C19H14Cl2N2OS. The van der Waals surface area contributed by atoms with Crippen molar-refractivity contribution < 1.29 is 4.79 Å². The van der Waals surface area contributed by atoms with Crippen molar-refractivity contribution in [1.82, 2.24) is 5.32 Å². The smallest absolute Gasteiger partial charge is 0.230 e. The van der Waals surface area contributed by atoms with Gasteiger partial charge in [0.2, 0.25) is 5.91 Å². The molecule has 2 N–H and O–H groups in total. The van der Waals surface area contributed by atoms with Gasteiger partial charge in [-0.3, -0.25) is 4.79 Å². The molecule has 0 radical (unpaired) electrons. The summed E-state index contributed by atoms with van der Waals surface area (Å²) in [6.45, 7) is 0. The minimum absolute atomic E-state index is 0.175. The Hall–Kier alpha value is -2.14. The van der Waals surface area contributed by atoms with Gasteiger partial charge in [0.05, 0.1) is 22.2 Å². The molecule has 0 unspecified atom stereocenters. The zero-order valence-electron chi connectivity index (χ0n) is 13.1. The molecular weight excluding hydrogens is 375 g/mol. The number of hydrogen-bond donors (Lipinski definition) is 2. The summed E-state index contributed by atoms with van der Waals surface area (Å²) in [4.78, 5) is 12.3. The van der Waals surface area contributed by atoms with Crippen LogP contribution in [0.5, 0.6) is 0 Å². The molecule has 0 aliphatic heterocycles. The quantitative estimate of drug-likeness (QED) is 0.605. The summed E-state index contributed by atoms with van der Waals surface area (Å²) in [5.41, 5.74) is 1.49. The molecule has 126 valence electrons. The van der Waals surface area contributed by atoms with Crippen molar-refractivity contribution in [3.63, 3.8) is 0 Å². The van der Waals surface area contributed by atoms with Gasteiger partial charge in [-0.1, -0.05) is 71.7 Å². The number of carbonyl (C=O) groups is 1. The maximum atomic E-state index is 12.3. The lowest BCUT2D eigenvalue weighted by Crippen LogP contribution is -2.35. The van der Waals surface area contributed by atoms with E-state index in [1.165, 1.54) is 0 Å². The van der Waals surface area contributed by atoms with E-state index in [4.69, 9.17) is 35.4 Å². The fraction of sp³-hybridized carbons (Fsp3) is 0.0526. The van der Waals surface area contributed by atoms with Gasteiger partial charge in [-0.15, -0.1) is 0 Å². The van der Waals surface area contributed by atoms with Gasteiger partial charge >= 0.3 is 0 Å². The molecule has 3 aromatic rings. The maximum absolute atomic E-state index is 12.3. The number of amides is 1. The Balaban J connectivity index is 1.68. The summed E-state index contributed by atoms with van der Waals surface area (Å²) >= 11 is 17.2. The molecule has 6 heteroatoms. The van der Waals surface area contributed by atoms with Gasteiger partial charge in [0.25, 0.3) is 0 Å². The van der Waals surface area contributed by atoms with Gasteiger partial charge < -0.3 is 10.6 Å². The van der Waals surface area contributed by atoms with Gasteiger partial charge in [0, 0.05) is 0 Å². The van der Waals surface area contributed by atoms with Gasteiger partial charge in [-0.25, -0.2) is 0 Å². The number of halogens is 2. The van der Waals surface area contributed by atoms with Crippen molar-refractivity contribution in [2.24, 2.45) is 0 Å². The predicted molar refractivity (Wildman–Crippen MR) is 108 cm³/mol. The Kier molecular flexibility index (Phi) is 5.53. The topological polar surface area (TPSA) is 41.1 Å². The second kappa shape index (κ2) is 7.83. The summed E-state index contributed by atoms with van der Waals surface area (Å²) < 4.78 is 0. The zero-order valence-corrected chi connectivity index (χ0v) is 15.4. The van der Waals surface area contributed by atoms with Crippen LogP contribution in [0.3, 0.4) is 0 Å². The Morgan fingerprint density at radius 3 is 2.52 bits per heavy atom. The van der Waals surface area contributed by atoms with Gasteiger partial charge in [-0.2, -0.15) is 0 Å². The highest BCUT2D eigenvalue weighted by atomic mass is 35.5. The molecule has 25 heavy (non-hydrogen) atoms. The van der Waals surface area contributed by atoms with E-state index in [-0.39, 0.29) is 17.4 Å². The minimum Gasteiger partial charge on any atom is -0.331 e. The number of fused-ring (bicyclic) bond motifs is 1. The average molecular weight is 389 g/mol. The lowest BCUT2D eigenvalue weighted by atomic mass is 10.0. The van der Waals surface area contributed by atoms with E-state index >= 15 is 0 Å². The van der Waals surface area contributed by atoms with E-state index in [0.717, 1.165) is 16.3 Å². The molecule has 3 nitrogen and oxygen atoms in total. The van der Waals surface area contributed by atoms with Crippen molar-refractivity contribution in [2.45, 2.75) is 6.42 Å². The Labute approximate surface area is 160 Å². The number of hydrogen-bond acceptors (Lipinski definition) is 2. The summed E-state index contributed by atoms with van der Waals surface area (Å²) in [6.07, 6.45) is 0.229. The molecule has 0 aliphatic rings. The number of rotatable bonds is 3. The lowest BCUT2D eigenvalue weighted by Gasteiger charge is -2.12. The fourth-order valence-corrected chi connectivity index (χ4v) is 3.12. The molecule has 0 fully saturated rings. The first-order valence-electron chi connectivity index (χ1n) is 7.56. The van der Waals surface area contributed by atoms with Crippen LogP contribution in [0, 0.1) is 0 Å². The molecule has 0 heterocycles. The normalized spacial score (nSPS) is 10.5. The van der Waals surface area contributed by atoms with Crippen LogP contribution in [0.2, 0.25) is 10.0 Å². The van der Waals surface area contributed by atoms with Crippen LogP contribution in [0.4, 0.5) is 5.69 Å². The molecule has 0 spiro atoms. The molecule has 0 saturated carbocycles.